The summed E-state index contributed by atoms with van der Waals surface area (Å²) in [5, 5.41) is 1.29. The quantitative estimate of drug-likeness (QED) is 0.337. The Morgan fingerprint density at radius 3 is 1.53 bits per heavy atom. The van der Waals surface area contributed by atoms with Crippen molar-refractivity contribution in [3.05, 3.63) is 5.25 Å². The molecule has 1 heteroatoms. The van der Waals surface area contributed by atoms with Crippen molar-refractivity contribution in [3.63, 3.8) is 0 Å². The first-order chi connectivity index (χ1) is 7.27. The summed E-state index contributed by atoms with van der Waals surface area (Å²) in [6, 6.07) is 0. The fourth-order valence-corrected chi connectivity index (χ4v) is 2.03. The second-order valence-corrected chi connectivity index (χ2v) is 5.43. The van der Waals surface area contributed by atoms with Crippen LogP contribution >= 0.6 is 12.6 Å². The van der Waals surface area contributed by atoms with Crippen molar-refractivity contribution < 1.29 is 0 Å². The number of hydrogen-bond acceptors (Lipinski definition) is 1. The molecule has 0 saturated carbocycles. The first-order valence-corrected chi connectivity index (χ1v) is 7.23. The highest BCUT2D eigenvalue weighted by Crippen LogP contribution is 2.16. The highest BCUT2D eigenvalue weighted by molar-refractivity contribution is 7.83. The van der Waals surface area contributed by atoms with Crippen LogP contribution in [0.5, 0.6) is 0 Å². The van der Waals surface area contributed by atoms with Gasteiger partial charge in [-0.05, 0) is 13.3 Å². The summed E-state index contributed by atoms with van der Waals surface area (Å²) in [4.78, 5) is 0. The third-order valence-corrected chi connectivity index (χ3v) is 3.12. The average molecular weight is 229 g/mol. The van der Waals surface area contributed by atoms with E-state index in [1.807, 2.05) is 0 Å². The van der Waals surface area contributed by atoms with E-state index in [1.54, 1.807) is 0 Å². The third kappa shape index (κ3) is 14.4. The maximum Gasteiger partial charge on any atom is 0.0243 e. The lowest BCUT2D eigenvalue weighted by Gasteiger charge is -2.03. The lowest BCUT2D eigenvalue weighted by atomic mass is 10.1. The molecule has 91 valence electrons. The lowest BCUT2D eigenvalue weighted by Crippen LogP contribution is -1.84. The van der Waals surface area contributed by atoms with Crippen molar-refractivity contribution in [2.45, 2.75) is 84.5 Å². The van der Waals surface area contributed by atoms with Gasteiger partial charge in [-0.3, -0.25) is 0 Å². The molecular weight excluding hydrogens is 200 g/mol. The molecule has 0 atom stereocenters. The molecule has 15 heavy (non-hydrogen) atoms. The smallest absolute Gasteiger partial charge is 0.0243 e. The average Bonchev–Trinajstić information content (AvgIpc) is 2.20. The highest BCUT2D eigenvalue weighted by atomic mass is 32.1. The maximum atomic E-state index is 4.31. The Hall–Kier alpha value is 0.350. The molecule has 0 amide bonds. The largest absolute Gasteiger partial charge is 0.171 e. The minimum atomic E-state index is 1.21. The second kappa shape index (κ2) is 12.4. The zero-order valence-electron chi connectivity index (χ0n) is 10.7. The summed E-state index contributed by atoms with van der Waals surface area (Å²) in [5.74, 6) is 0. The summed E-state index contributed by atoms with van der Waals surface area (Å²) in [5.41, 5.74) is 0. The fraction of sp³-hybridized carbons (Fsp3) is 0.929. The van der Waals surface area contributed by atoms with Gasteiger partial charge in [-0.15, -0.1) is 0 Å². The van der Waals surface area contributed by atoms with Gasteiger partial charge in [0.1, 0.15) is 0 Å². The topological polar surface area (TPSA) is 0 Å². The normalized spacial score (nSPS) is 11.2. The molecule has 1 radical (unpaired) electrons. The Morgan fingerprint density at radius 2 is 1.13 bits per heavy atom. The van der Waals surface area contributed by atoms with Crippen LogP contribution in [0.1, 0.15) is 84.5 Å². The zero-order valence-corrected chi connectivity index (χ0v) is 11.6. The minimum Gasteiger partial charge on any atom is -0.171 e. The van der Waals surface area contributed by atoms with E-state index >= 15 is 0 Å². The summed E-state index contributed by atoms with van der Waals surface area (Å²) in [6.07, 6.45) is 15.4. The first-order valence-electron chi connectivity index (χ1n) is 6.78. The van der Waals surface area contributed by atoms with Gasteiger partial charge in [-0.1, -0.05) is 71.1 Å². The predicted molar refractivity (Wildman–Crippen MR) is 74.4 cm³/mol. The Balaban J connectivity index is 2.87. The molecule has 0 heterocycles. The van der Waals surface area contributed by atoms with Crippen LogP contribution < -0.4 is 0 Å². The van der Waals surface area contributed by atoms with Crippen LogP contribution in [0.25, 0.3) is 0 Å². The van der Waals surface area contributed by atoms with Crippen LogP contribution in [0.4, 0.5) is 0 Å². The Kier molecular flexibility index (Phi) is 12.7. The van der Waals surface area contributed by atoms with E-state index in [0.29, 0.717) is 0 Å². The molecular formula is C14H29S. The van der Waals surface area contributed by atoms with E-state index in [1.165, 1.54) is 75.9 Å². The molecule has 0 saturated heterocycles. The standard InChI is InChI=1S/C14H29S/c1-3-4-5-6-7-8-9-10-11-12-13-14(2)15/h15H,3-13H2,1-2H3. The van der Waals surface area contributed by atoms with E-state index in [2.05, 4.69) is 26.5 Å². The fourth-order valence-electron chi connectivity index (χ4n) is 1.87. The zero-order chi connectivity index (χ0) is 11.4. The summed E-state index contributed by atoms with van der Waals surface area (Å²) in [7, 11) is 0. The molecule has 0 aliphatic rings. The predicted octanol–water partition coefficient (Wildman–Crippen LogP) is 5.78. The number of rotatable bonds is 11. The summed E-state index contributed by atoms with van der Waals surface area (Å²) >= 11 is 4.31. The molecule has 0 bridgehead atoms. The van der Waals surface area contributed by atoms with Crippen molar-refractivity contribution in [2.24, 2.45) is 0 Å². The molecule has 0 unspecified atom stereocenters. The van der Waals surface area contributed by atoms with Gasteiger partial charge in [-0.25, -0.2) is 0 Å². The summed E-state index contributed by atoms with van der Waals surface area (Å²) in [6.45, 7) is 4.39. The van der Waals surface area contributed by atoms with Crippen molar-refractivity contribution in [1.82, 2.24) is 0 Å². The van der Waals surface area contributed by atoms with Gasteiger partial charge in [0.05, 0.1) is 0 Å². The minimum absolute atomic E-state index is 1.21. The Morgan fingerprint density at radius 1 is 0.733 bits per heavy atom. The molecule has 0 aromatic heterocycles. The van der Waals surface area contributed by atoms with E-state index in [9.17, 15) is 0 Å². The number of unbranched alkanes of at least 4 members (excludes halogenated alkanes) is 9. The molecule has 0 N–H and O–H groups in total. The van der Waals surface area contributed by atoms with Gasteiger partial charge in [0.25, 0.3) is 0 Å². The molecule has 0 spiro atoms. The van der Waals surface area contributed by atoms with Crippen LogP contribution in [0.2, 0.25) is 0 Å². The third-order valence-electron chi connectivity index (χ3n) is 2.89. The van der Waals surface area contributed by atoms with Crippen LogP contribution in [-0.4, -0.2) is 0 Å². The summed E-state index contributed by atoms with van der Waals surface area (Å²) < 4.78 is 0. The first kappa shape index (κ1) is 15.3. The lowest BCUT2D eigenvalue weighted by molar-refractivity contribution is 0.555. The van der Waals surface area contributed by atoms with Gasteiger partial charge in [0.2, 0.25) is 0 Å². The van der Waals surface area contributed by atoms with E-state index in [-0.39, 0.29) is 0 Å². The molecule has 0 aromatic carbocycles. The van der Waals surface area contributed by atoms with Gasteiger partial charge < -0.3 is 0 Å². The van der Waals surface area contributed by atoms with Crippen molar-refractivity contribution >= 4 is 12.6 Å². The number of hydrogen-bond donors (Lipinski definition) is 1. The van der Waals surface area contributed by atoms with Crippen molar-refractivity contribution in [1.29, 1.82) is 0 Å². The monoisotopic (exact) mass is 229 g/mol. The van der Waals surface area contributed by atoms with Crippen LogP contribution in [0.3, 0.4) is 0 Å². The van der Waals surface area contributed by atoms with Crippen molar-refractivity contribution in [3.8, 4) is 0 Å². The maximum absolute atomic E-state index is 4.31. The molecule has 0 aliphatic heterocycles. The number of thiol groups is 1. The van der Waals surface area contributed by atoms with Gasteiger partial charge in [0, 0.05) is 5.25 Å². The van der Waals surface area contributed by atoms with Gasteiger partial charge >= 0.3 is 0 Å². The van der Waals surface area contributed by atoms with Gasteiger partial charge in [-0.2, -0.15) is 12.6 Å². The van der Waals surface area contributed by atoms with Crippen LogP contribution in [0, 0.1) is 5.25 Å². The van der Waals surface area contributed by atoms with Crippen molar-refractivity contribution in [2.75, 3.05) is 0 Å². The van der Waals surface area contributed by atoms with Gasteiger partial charge in [0.15, 0.2) is 0 Å². The van der Waals surface area contributed by atoms with Crippen LogP contribution in [0.15, 0.2) is 0 Å². The van der Waals surface area contributed by atoms with E-state index in [0.717, 1.165) is 0 Å². The van der Waals surface area contributed by atoms with Crippen LogP contribution in [-0.2, 0) is 0 Å². The Bertz CT molecular complexity index is 110. The Labute approximate surface area is 103 Å². The molecule has 0 aromatic rings. The second-order valence-electron chi connectivity index (χ2n) is 4.67. The highest BCUT2D eigenvalue weighted by Gasteiger charge is 1.95. The van der Waals surface area contributed by atoms with E-state index < -0.39 is 0 Å². The molecule has 0 aliphatic carbocycles. The molecule has 0 nitrogen and oxygen atoms in total. The molecule has 0 rings (SSSR count). The van der Waals surface area contributed by atoms with E-state index in [4.69, 9.17) is 0 Å². The SMILES string of the molecule is CCCCCCCCCCCC[C](C)S. The molecule has 0 fully saturated rings.